The lowest BCUT2D eigenvalue weighted by Gasteiger charge is -2.23. The molecule has 0 aromatic heterocycles. The monoisotopic (exact) mass is 118 g/mol. The Bertz CT molecular complexity index is 83.7. The third-order valence-corrected chi connectivity index (χ3v) is 1.48. The molecule has 2 unspecified atom stereocenters. The lowest BCUT2D eigenvalue weighted by Crippen LogP contribution is -2.33. The summed E-state index contributed by atoms with van der Waals surface area (Å²) in [5.41, 5.74) is 0. The predicted molar refractivity (Wildman–Crippen MR) is 29.1 cm³/mol. The molecule has 1 aliphatic heterocycles. The first-order valence-electron chi connectivity index (χ1n) is 2.22. The molecule has 0 spiro atoms. The van der Waals surface area contributed by atoms with Crippen LogP contribution in [0.4, 0.5) is 0 Å². The van der Waals surface area contributed by atoms with E-state index in [1.54, 1.807) is 0 Å². The molecule has 1 aliphatic rings. The van der Waals surface area contributed by atoms with E-state index >= 15 is 0 Å². The molecule has 0 radical (unpaired) electrons. The fraction of sp³-hybridized carbons (Fsp3) is 0.750. The molecule has 2 nitrogen and oxygen atoms in total. The van der Waals surface area contributed by atoms with E-state index in [1.807, 2.05) is 0 Å². The molecule has 0 saturated carbocycles. The summed E-state index contributed by atoms with van der Waals surface area (Å²) in [5, 5.41) is 0. The van der Waals surface area contributed by atoms with Crippen LogP contribution in [-0.2, 0) is 9.53 Å². The number of hydrogen-bond donors (Lipinski definition) is 0. The number of hydrogen-bond acceptors (Lipinski definition) is 2. The van der Waals surface area contributed by atoms with E-state index in [-0.39, 0.29) is 12.1 Å². The summed E-state index contributed by atoms with van der Waals surface area (Å²) in [5.74, 6) is -0.0625. The second-order valence-electron chi connectivity index (χ2n) is 1.55. The molecule has 0 N–H and O–H groups in total. The predicted octanol–water partition coefficient (Wildman–Crippen LogP) is 0.177. The van der Waals surface area contributed by atoms with Crippen LogP contribution < -0.4 is 0 Å². The number of carbonyl (C=O) groups is 1. The first kappa shape index (κ1) is 5.04. The van der Waals surface area contributed by atoms with Crippen molar-refractivity contribution >= 4 is 15.2 Å². The number of rotatable bonds is 1. The van der Waals surface area contributed by atoms with Gasteiger partial charge in [0.1, 0.15) is 6.10 Å². The van der Waals surface area contributed by atoms with Crippen LogP contribution in [0.5, 0.6) is 0 Å². The fourth-order valence-electron chi connectivity index (χ4n) is 0.494. The van der Waals surface area contributed by atoms with Crippen molar-refractivity contribution in [3.63, 3.8) is 0 Å². The highest BCUT2D eigenvalue weighted by atomic mass is 31.0. The van der Waals surface area contributed by atoms with Gasteiger partial charge in [0.05, 0.1) is 6.42 Å². The summed E-state index contributed by atoms with van der Waals surface area (Å²) >= 11 is 0. The molecule has 0 bridgehead atoms. The molecule has 1 fully saturated rings. The van der Waals surface area contributed by atoms with Crippen LogP contribution in [0.1, 0.15) is 6.42 Å². The van der Waals surface area contributed by atoms with Crippen molar-refractivity contribution in [2.45, 2.75) is 12.5 Å². The zero-order chi connectivity index (χ0) is 5.28. The Morgan fingerprint density at radius 3 is 2.71 bits per heavy atom. The summed E-state index contributed by atoms with van der Waals surface area (Å²) < 4.78 is 4.63. The molecule has 0 aromatic rings. The Balaban J connectivity index is 2.17. The van der Waals surface area contributed by atoms with Gasteiger partial charge in [0.15, 0.2) is 0 Å². The third-order valence-electron chi connectivity index (χ3n) is 0.955. The quantitative estimate of drug-likeness (QED) is 0.362. The largest absolute Gasteiger partial charge is 0.461 e. The van der Waals surface area contributed by atoms with Crippen molar-refractivity contribution in [1.82, 2.24) is 0 Å². The Morgan fingerprint density at radius 2 is 2.57 bits per heavy atom. The van der Waals surface area contributed by atoms with Gasteiger partial charge in [0, 0.05) is 0 Å². The Labute approximate surface area is 44.4 Å². The van der Waals surface area contributed by atoms with Crippen molar-refractivity contribution in [3.05, 3.63) is 0 Å². The van der Waals surface area contributed by atoms with Crippen LogP contribution in [0.25, 0.3) is 0 Å². The molecule has 0 aromatic carbocycles. The van der Waals surface area contributed by atoms with Crippen molar-refractivity contribution in [2.75, 3.05) is 6.16 Å². The third kappa shape index (κ3) is 0.916. The first-order chi connectivity index (χ1) is 3.33. The maximum absolute atomic E-state index is 10.0. The summed E-state index contributed by atoms with van der Waals surface area (Å²) in [6, 6.07) is 0. The molecule has 1 heterocycles. The molecule has 2 atom stereocenters. The molecular formula is C4H7O2P. The summed E-state index contributed by atoms with van der Waals surface area (Å²) in [6.07, 6.45) is 1.70. The van der Waals surface area contributed by atoms with E-state index in [0.29, 0.717) is 6.42 Å². The minimum Gasteiger partial charge on any atom is -0.461 e. The minimum atomic E-state index is -0.0625. The highest BCUT2D eigenvalue weighted by Crippen LogP contribution is 2.14. The van der Waals surface area contributed by atoms with Crippen LogP contribution in [0.2, 0.25) is 0 Å². The van der Waals surface area contributed by atoms with Gasteiger partial charge in [-0.05, 0) is 6.16 Å². The summed E-state index contributed by atoms with van der Waals surface area (Å²) in [4.78, 5) is 10.0. The summed E-state index contributed by atoms with van der Waals surface area (Å²) in [6.45, 7) is 0. The number of cyclic esters (lactones) is 1. The molecule has 0 amide bonds. The van der Waals surface area contributed by atoms with Gasteiger partial charge in [-0.1, -0.05) is 0 Å². The highest BCUT2D eigenvalue weighted by molar-refractivity contribution is 7.16. The number of esters is 1. The molecule has 40 valence electrons. The normalized spacial score (nSPS) is 28.7. The molecular weight excluding hydrogens is 111 g/mol. The van der Waals surface area contributed by atoms with E-state index in [2.05, 4.69) is 14.0 Å². The van der Waals surface area contributed by atoms with Crippen LogP contribution in [0, 0.1) is 0 Å². The minimum absolute atomic E-state index is 0.0625. The van der Waals surface area contributed by atoms with E-state index in [4.69, 9.17) is 0 Å². The standard InChI is InChI=1S/C4H7O2P/c5-4-1-3(2-7)6-4/h3H,1-2,7H2. The molecule has 1 saturated heterocycles. The number of carbonyl (C=O) groups excluding carboxylic acids is 1. The molecule has 7 heavy (non-hydrogen) atoms. The molecule has 1 rings (SSSR count). The van der Waals surface area contributed by atoms with Crippen LogP contribution in [0.3, 0.4) is 0 Å². The van der Waals surface area contributed by atoms with Gasteiger partial charge in [-0.25, -0.2) is 0 Å². The van der Waals surface area contributed by atoms with E-state index in [0.717, 1.165) is 6.16 Å². The van der Waals surface area contributed by atoms with Gasteiger partial charge < -0.3 is 4.74 Å². The van der Waals surface area contributed by atoms with Crippen molar-refractivity contribution in [1.29, 1.82) is 0 Å². The van der Waals surface area contributed by atoms with Gasteiger partial charge in [0.25, 0.3) is 0 Å². The zero-order valence-electron chi connectivity index (χ0n) is 3.89. The van der Waals surface area contributed by atoms with Gasteiger partial charge in [-0.15, -0.1) is 9.24 Å². The van der Waals surface area contributed by atoms with Crippen LogP contribution >= 0.6 is 9.24 Å². The van der Waals surface area contributed by atoms with Gasteiger partial charge >= 0.3 is 5.97 Å². The average Bonchev–Trinajstić information content (AvgIpc) is 1.58. The van der Waals surface area contributed by atoms with Gasteiger partial charge in [-0.3, -0.25) is 4.79 Å². The second-order valence-corrected chi connectivity index (χ2v) is 2.02. The lowest BCUT2D eigenvalue weighted by molar-refractivity contribution is -0.166. The first-order valence-corrected chi connectivity index (χ1v) is 3.04. The van der Waals surface area contributed by atoms with Crippen molar-refractivity contribution in [3.8, 4) is 0 Å². The van der Waals surface area contributed by atoms with Crippen molar-refractivity contribution in [2.24, 2.45) is 0 Å². The van der Waals surface area contributed by atoms with E-state index in [9.17, 15) is 4.79 Å². The Kier molecular flexibility index (Phi) is 1.29. The van der Waals surface area contributed by atoms with E-state index in [1.165, 1.54) is 0 Å². The Morgan fingerprint density at radius 1 is 2.00 bits per heavy atom. The van der Waals surface area contributed by atoms with Crippen LogP contribution in [0.15, 0.2) is 0 Å². The van der Waals surface area contributed by atoms with Gasteiger partial charge in [0.2, 0.25) is 0 Å². The summed E-state index contributed by atoms with van der Waals surface area (Å²) in [7, 11) is 2.53. The van der Waals surface area contributed by atoms with Crippen molar-refractivity contribution < 1.29 is 9.53 Å². The molecule has 0 aliphatic carbocycles. The molecule has 3 heteroatoms. The Hall–Kier alpha value is -0.100. The SMILES string of the molecule is O=C1CC(CP)O1. The van der Waals surface area contributed by atoms with Gasteiger partial charge in [-0.2, -0.15) is 0 Å². The number of ether oxygens (including phenoxy) is 1. The van der Waals surface area contributed by atoms with E-state index < -0.39 is 0 Å². The average molecular weight is 118 g/mol. The topological polar surface area (TPSA) is 26.3 Å². The fourth-order valence-corrected chi connectivity index (χ4v) is 0.757. The maximum atomic E-state index is 10.0. The van der Waals surface area contributed by atoms with Crippen LogP contribution in [-0.4, -0.2) is 18.2 Å². The lowest BCUT2D eigenvalue weighted by atomic mass is 10.2. The zero-order valence-corrected chi connectivity index (χ0v) is 5.04. The highest BCUT2D eigenvalue weighted by Gasteiger charge is 2.25. The smallest absolute Gasteiger partial charge is 0.309 e. The maximum Gasteiger partial charge on any atom is 0.309 e. The second kappa shape index (κ2) is 1.79.